The smallest absolute Gasteiger partial charge is 0.335 e. The minimum Gasteiger partial charge on any atom is -0.488 e. The fourth-order valence-electron chi connectivity index (χ4n) is 3.43. The summed E-state index contributed by atoms with van der Waals surface area (Å²) in [5.74, 6) is -0.255. The number of aromatic carboxylic acids is 1. The Kier molecular flexibility index (Phi) is 7.74. The fourth-order valence-corrected chi connectivity index (χ4v) is 3.61. The molecular formula is C27H26ClNO3. The van der Waals surface area contributed by atoms with Crippen molar-refractivity contribution in [2.75, 3.05) is 0 Å². The lowest BCUT2D eigenvalue weighted by molar-refractivity contribution is 0.0697. The number of nitrogens with zero attached hydrogens (tertiary/aromatic N) is 1. The number of carbonyl (C=O) groups is 1. The van der Waals surface area contributed by atoms with Crippen LogP contribution in [0.1, 0.15) is 35.5 Å². The first-order valence-electron chi connectivity index (χ1n) is 10.5. The summed E-state index contributed by atoms with van der Waals surface area (Å²) in [5.41, 5.74) is 4.76. The van der Waals surface area contributed by atoms with E-state index in [1.54, 1.807) is 24.3 Å². The molecule has 4 aromatic rings. The minimum absolute atomic E-state index is 0.234. The second-order valence-electron chi connectivity index (χ2n) is 6.97. The normalized spacial score (nSPS) is 10.2. The van der Waals surface area contributed by atoms with Gasteiger partial charge in [-0.15, -0.1) is 0 Å². The highest BCUT2D eigenvalue weighted by atomic mass is 35.5. The number of halogens is 1. The van der Waals surface area contributed by atoms with Gasteiger partial charge >= 0.3 is 5.97 Å². The number of hydrogen-bond donors (Lipinski definition) is 1. The van der Waals surface area contributed by atoms with Crippen molar-refractivity contribution in [3.8, 4) is 22.7 Å². The van der Waals surface area contributed by atoms with Crippen molar-refractivity contribution in [2.24, 2.45) is 0 Å². The summed E-state index contributed by atoms with van der Waals surface area (Å²) in [4.78, 5) is 11.4. The predicted molar refractivity (Wildman–Crippen MR) is 130 cm³/mol. The van der Waals surface area contributed by atoms with Crippen LogP contribution in [-0.4, -0.2) is 15.6 Å². The number of rotatable bonds is 6. The largest absolute Gasteiger partial charge is 0.488 e. The number of aryl methyl sites for hydroxylation is 1. The van der Waals surface area contributed by atoms with Gasteiger partial charge in [0.1, 0.15) is 12.4 Å². The van der Waals surface area contributed by atoms with E-state index in [9.17, 15) is 9.90 Å². The quantitative estimate of drug-likeness (QED) is 0.334. The molecular weight excluding hydrogens is 422 g/mol. The van der Waals surface area contributed by atoms with E-state index in [2.05, 4.69) is 0 Å². The molecule has 0 aliphatic heterocycles. The molecule has 3 aromatic carbocycles. The van der Waals surface area contributed by atoms with Gasteiger partial charge in [0, 0.05) is 22.0 Å². The van der Waals surface area contributed by atoms with E-state index in [0.29, 0.717) is 17.4 Å². The third kappa shape index (κ3) is 5.21. The van der Waals surface area contributed by atoms with Crippen molar-refractivity contribution >= 4 is 17.6 Å². The molecule has 0 atom stereocenters. The molecule has 0 fully saturated rings. The maximum Gasteiger partial charge on any atom is 0.335 e. The molecule has 164 valence electrons. The van der Waals surface area contributed by atoms with Gasteiger partial charge in [0.15, 0.2) is 0 Å². The van der Waals surface area contributed by atoms with Crippen molar-refractivity contribution in [2.45, 2.75) is 27.4 Å². The van der Waals surface area contributed by atoms with Crippen LogP contribution in [0.5, 0.6) is 5.75 Å². The Morgan fingerprint density at radius 2 is 1.69 bits per heavy atom. The Morgan fingerprint density at radius 1 is 0.938 bits per heavy atom. The third-order valence-corrected chi connectivity index (χ3v) is 5.12. The van der Waals surface area contributed by atoms with Crippen LogP contribution in [0.25, 0.3) is 16.9 Å². The van der Waals surface area contributed by atoms with Crippen LogP contribution in [0.15, 0.2) is 84.9 Å². The van der Waals surface area contributed by atoms with Gasteiger partial charge in [-0.1, -0.05) is 61.8 Å². The first-order valence-corrected chi connectivity index (χ1v) is 10.9. The van der Waals surface area contributed by atoms with Gasteiger partial charge in [-0.25, -0.2) is 4.79 Å². The third-order valence-electron chi connectivity index (χ3n) is 4.88. The maximum atomic E-state index is 11.4. The van der Waals surface area contributed by atoms with Crippen molar-refractivity contribution in [1.29, 1.82) is 0 Å². The van der Waals surface area contributed by atoms with Gasteiger partial charge in [-0.3, -0.25) is 0 Å². The average molecular weight is 448 g/mol. The molecule has 0 spiro atoms. The highest BCUT2D eigenvalue weighted by molar-refractivity contribution is 6.31. The van der Waals surface area contributed by atoms with Gasteiger partial charge in [0.05, 0.1) is 11.3 Å². The molecule has 0 bridgehead atoms. The number of carboxylic acids is 1. The topological polar surface area (TPSA) is 51.5 Å². The van der Waals surface area contributed by atoms with E-state index in [4.69, 9.17) is 16.3 Å². The molecule has 0 aliphatic carbocycles. The molecule has 0 aliphatic rings. The number of carboxylic acid groups (broad SMARTS) is 1. The zero-order chi connectivity index (χ0) is 23.1. The first-order chi connectivity index (χ1) is 15.5. The minimum atomic E-state index is -0.960. The second kappa shape index (κ2) is 10.7. The lowest BCUT2D eigenvalue weighted by Crippen LogP contribution is -2.04. The van der Waals surface area contributed by atoms with Crippen LogP contribution in [0.2, 0.25) is 5.02 Å². The Balaban J connectivity index is 0.00000141. The average Bonchev–Trinajstić information content (AvgIpc) is 3.21. The summed E-state index contributed by atoms with van der Waals surface area (Å²) < 4.78 is 8.14. The monoisotopic (exact) mass is 447 g/mol. The SMILES string of the molecule is CC.Cc1ccc(-c2cc(Cl)ccc2OCc2ccccc2)n1-c1cccc(C(=O)O)c1. The summed E-state index contributed by atoms with van der Waals surface area (Å²) in [6.07, 6.45) is 0. The van der Waals surface area contributed by atoms with Crippen LogP contribution in [0, 0.1) is 6.92 Å². The molecule has 5 heteroatoms. The molecule has 0 unspecified atom stereocenters. The molecule has 1 N–H and O–H groups in total. The molecule has 0 radical (unpaired) electrons. The standard InChI is InChI=1S/C25H20ClNO3.C2H6/c1-17-10-12-23(27(17)21-9-5-8-19(14-21)25(28)29)22-15-20(26)11-13-24(22)30-16-18-6-3-2-4-7-18;1-2/h2-15H,16H2,1H3,(H,28,29);1-2H3. The van der Waals surface area contributed by atoms with Gasteiger partial charge in [-0.2, -0.15) is 0 Å². The number of aromatic nitrogens is 1. The van der Waals surface area contributed by atoms with Gasteiger partial charge in [-0.05, 0) is 61.0 Å². The van der Waals surface area contributed by atoms with Crippen molar-refractivity contribution < 1.29 is 14.6 Å². The highest BCUT2D eigenvalue weighted by Gasteiger charge is 2.16. The zero-order valence-electron chi connectivity index (χ0n) is 18.4. The molecule has 0 saturated heterocycles. The van der Waals surface area contributed by atoms with Crippen LogP contribution < -0.4 is 4.74 Å². The van der Waals surface area contributed by atoms with E-state index in [1.165, 1.54) is 0 Å². The second-order valence-corrected chi connectivity index (χ2v) is 7.40. The molecule has 4 rings (SSSR count). The van der Waals surface area contributed by atoms with Crippen LogP contribution in [-0.2, 0) is 6.61 Å². The number of benzene rings is 3. The van der Waals surface area contributed by atoms with Crippen molar-refractivity contribution in [3.05, 3.63) is 107 Å². The van der Waals surface area contributed by atoms with Gasteiger partial charge in [0.25, 0.3) is 0 Å². The van der Waals surface area contributed by atoms with E-state index < -0.39 is 5.97 Å². The van der Waals surface area contributed by atoms with E-state index >= 15 is 0 Å². The Hall–Kier alpha value is -3.50. The number of hydrogen-bond acceptors (Lipinski definition) is 2. The molecule has 0 amide bonds. The van der Waals surface area contributed by atoms with Gasteiger partial charge in [0.2, 0.25) is 0 Å². The number of ether oxygens (including phenoxy) is 1. The summed E-state index contributed by atoms with van der Waals surface area (Å²) in [6, 6.07) is 26.3. The maximum absolute atomic E-state index is 11.4. The molecule has 0 saturated carbocycles. The summed E-state index contributed by atoms with van der Waals surface area (Å²) in [7, 11) is 0. The Labute approximate surface area is 193 Å². The van der Waals surface area contributed by atoms with E-state index in [1.807, 2.05) is 86.0 Å². The van der Waals surface area contributed by atoms with Crippen LogP contribution in [0.4, 0.5) is 0 Å². The fraction of sp³-hybridized carbons (Fsp3) is 0.148. The van der Waals surface area contributed by atoms with E-state index in [-0.39, 0.29) is 5.56 Å². The van der Waals surface area contributed by atoms with E-state index in [0.717, 1.165) is 28.2 Å². The van der Waals surface area contributed by atoms with Crippen molar-refractivity contribution in [3.63, 3.8) is 0 Å². The summed E-state index contributed by atoms with van der Waals surface area (Å²) in [5, 5.41) is 9.97. The predicted octanol–water partition coefficient (Wildman–Crippen LogP) is 7.41. The molecule has 4 nitrogen and oxygen atoms in total. The Morgan fingerprint density at radius 3 is 2.41 bits per heavy atom. The first kappa shape index (κ1) is 23.2. The van der Waals surface area contributed by atoms with Crippen molar-refractivity contribution in [1.82, 2.24) is 4.57 Å². The highest BCUT2D eigenvalue weighted by Crippen LogP contribution is 2.36. The van der Waals surface area contributed by atoms with Crippen LogP contribution in [0.3, 0.4) is 0 Å². The summed E-state index contributed by atoms with van der Waals surface area (Å²) >= 11 is 6.31. The lowest BCUT2D eigenvalue weighted by atomic mass is 10.1. The lowest BCUT2D eigenvalue weighted by Gasteiger charge is -2.16. The molecule has 1 heterocycles. The molecule has 32 heavy (non-hydrogen) atoms. The molecule has 1 aromatic heterocycles. The summed E-state index contributed by atoms with van der Waals surface area (Å²) in [6.45, 7) is 6.41. The zero-order valence-corrected chi connectivity index (χ0v) is 19.1. The van der Waals surface area contributed by atoms with Gasteiger partial charge < -0.3 is 14.4 Å². The van der Waals surface area contributed by atoms with Crippen LogP contribution >= 0.6 is 11.6 Å². The Bertz CT molecular complexity index is 1200.